The lowest BCUT2D eigenvalue weighted by atomic mass is 10.2. The molecule has 1 aromatic heterocycles. The van der Waals surface area contributed by atoms with Gasteiger partial charge in [0, 0.05) is 23.1 Å². The molecule has 94 valence electrons. The Balaban J connectivity index is 1.84. The van der Waals surface area contributed by atoms with Gasteiger partial charge in [0.15, 0.2) is 5.82 Å². The summed E-state index contributed by atoms with van der Waals surface area (Å²) in [5.41, 5.74) is 0.989. The van der Waals surface area contributed by atoms with Gasteiger partial charge in [0.2, 0.25) is 5.13 Å². The molecule has 0 unspecified atom stereocenters. The average molecular weight is 326 g/mol. The van der Waals surface area contributed by atoms with Gasteiger partial charge in [-0.2, -0.15) is 9.36 Å². The summed E-state index contributed by atoms with van der Waals surface area (Å²) >= 11 is 4.88. The van der Waals surface area contributed by atoms with Crippen molar-refractivity contribution in [2.24, 2.45) is 0 Å². The predicted molar refractivity (Wildman–Crippen MR) is 76.2 cm³/mol. The molecule has 18 heavy (non-hydrogen) atoms. The van der Waals surface area contributed by atoms with Crippen LogP contribution >= 0.6 is 27.5 Å². The molecule has 1 aliphatic carbocycles. The van der Waals surface area contributed by atoms with E-state index < -0.39 is 0 Å². The molecule has 0 amide bonds. The maximum Gasteiger partial charge on any atom is 0.203 e. The minimum atomic E-state index is 0.605. The van der Waals surface area contributed by atoms with Crippen LogP contribution in [0.5, 0.6) is 5.75 Å². The van der Waals surface area contributed by atoms with Crippen LogP contribution in [0.3, 0.4) is 0 Å². The van der Waals surface area contributed by atoms with Crippen LogP contribution in [0.1, 0.15) is 12.8 Å². The standard InChI is InChI=1S/C12H12BrN3OS/c1-17-10-5-2-7(6-9(10)13)11-15-12(18-16-11)14-8-3-4-8/h2,5-6,8H,3-4H2,1H3,(H,14,15,16). The third kappa shape index (κ3) is 2.49. The van der Waals surface area contributed by atoms with Crippen molar-refractivity contribution in [3.8, 4) is 17.1 Å². The SMILES string of the molecule is COc1ccc(-c2nsc(NC3CC3)n2)cc1Br. The first-order valence-electron chi connectivity index (χ1n) is 5.70. The van der Waals surface area contributed by atoms with E-state index in [1.807, 2.05) is 18.2 Å². The summed E-state index contributed by atoms with van der Waals surface area (Å²) < 4.78 is 10.5. The molecular weight excluding hydrogens is 314 g/mol. The number of hydrogen-bond acceptors (Lipinski definition) is 5. The van der Waals surface area contributed by atoms with E-state index >= 15 is 0 Å². The summed E-state index contributed by atoms with van der Waals surface area (Å²) in [6, 6.07) is 6.45. The zero-order valence-electron chi connectivity index (χ0n) is 9.81. The second-order valence-electron chi connectivity index (χ2n) is 4.19. The normalized spacial score (nSPS) is 14.6. The molecule has 2 aromatic rings. The zero-order chi connectivity index (χ0) is 12.5. The fourth-order valence-electron chi connectivity index (χ4n) is 1.61. The Morgan fingerprint density at radius 1 is 1.44 bits per heavy atom. The summed E-state index contributed by atoms with van der Waals surface area (Å²) in [6.45, 7) is 0. The highest BCUT2D eigenvalue weighted by Gasteiger charge is 2.22. The lowest BCUT2D eigenvalue weighted by Crippen LogP contribution is -1.99. The van der Waals surface area contributed by atoms with E-state index in [9.17, 15) is 0 Å². The maximum absolute atomic E-state index is 5.20. The first kappa shape index (κ1) is 11.9. The Morgan fingerprint density at radius 2 is 2.28 bits per heavy atom. The van der Waals surface area contributed by atoms with Crippen LogP contribution in [0.4, 0.5) is 5.13 Å². The van der Waals surface area contributed by atoms with Crippen LogP contribution in [-0.2, 0) is 0 Å². The smallest absolute Gasteiger partial charge is 0.203 e. The van der Waals surface area contributed by atoms with E-state index in [-0.39, 0.29) is 0 Å². The van der Waals surface area contributed by atoms with Crippen LogP contribution in [-0.4, -0.2) is 22.5 Å². The highest BCUT2D eigenvalue weighted by Crippen LogP contribution is 2.31. The first-order valence-corrected chi connectivity index (χ1v) is 7.27. The molecule has 1 fully saturated rings. The van der Waals surface area contributed by atoms with Crippen molar-refractivity contribution < 1.29 is 4.74 Å². The lowest BCUT2D eigenvalue weighted by molar-refractivity contribution is 0.412. The van der Waals surface area contributed by atoms with Gasteiger partial charge in [0.25, 0.3) is 0 Å². The van der Waals surface area contributed by atoms with Crippen molar-refractivity contribution in [3.63, 3.8) is 0 Å². The molecule has 1 aliphatic rings. The number of methoxy groups -OCH3 is 1. The Labute approximate surface area is 118 Å². The van der Waals surface area contributed by atoms with Gasteiger partial charge in [-0.15, -0.1) is 0 Å². The molecule has 1 saturated carbocycles. The summed E-state index contributed by atoms with van der Waals surface area (Å²) in [5, 5.41) is 4.25. The van der Waals surface area contributed by atoms with Crippen LogP contribution < -0.4 is 10.1 Å². The molecule has 0 radical (unpaired) electrons. The van der Waals surface area contributed by atoms with Crippen molar-refractivity contribution in [2.45, 2.75) is 18.9 Å². The van der Waals surface area contributed by atoms with Gasteiger partial charge in [0.1, 0.15) is 5.75 Å². The van der Waals surface area contributed by atoms with E-state index in [1.165, 1.54) is 24.4 Å². The predicted octanol–water partition coefficient (Wildman–Crippen LogP) is 3.55. The fraction of sp³-hybridized carbons (Fsp3) is 0.333. The summed E-state index contributed by atoms with van der Waals surface area (Å²) in [4.78, 5) is 4.49. The second-order valence-corrected chi connectivity index (χ2v) is 5.80. The largest absolute Gasteiger partial charge is 0.496 e. The van der Waals surface area contributed by atoms with Gasteiger partial charge in [0.05, 0.1) is 11.6 Å². The zero-order valence-corrected chi connectivity index (χ0v) is 12.2. The number of nitrogens with one attached hydrogen (secondary N) is 1. The molecule has 0 saturated heterocycles. The molecule has 1 N–H and O–H groups in total. The van der Waals surface area contributed by atoms with Gasteiger partial charge in [-0.05, 0) is 47.0 Å². The number of rotatable bonds is 4. The summed E-state index contributed by atoms with van der Waals surface area (Å²) in [5.74, 6) is 1.57. The van der Waals surface area contributed by atoms with Crippen LogP contribution in [0.2, 0.25) is 0 Å². The minimum Gasteiger partial charge on any atom is -0.496 e. The minimum absolute atomic E-state index is 0.605. The fourth-order valence-corrected chi connectivity index (χ4v) is 2.81. The van der Waals surface area contributed by atoms with Gasteiger partial charge in [-0.3, -0.25) is 0 Å². The van der Waals surface area contributed by atoms with Crippen molar-refractivity contribution in [1.82, 2.24) is 9.36 Å². The number of anilines is 1. The molecule has 0 aliphatic heterocycles. The second kappa shape index (κ2) is 4.85. The molecule has 0 spiro atoms. The Bertz CT molecular complexity index is 568. The maximum atomic E-state index is 5.20. The first-order chi connectivity index (χ1) is 8.76. The van der Waals surface area contributed by atoms with Crippen molar-refractivity contribution in [2.75, 3.05) is 12.4 Å². The molecule has 0 atom stereocenters. The Morgan fingerprint density at radius 3 is 2.94 bits per heavy atom. The molecular formula is C12H12BrN3OS. The Kier molecular flexibility index (Phi) is 3.22. The van der Waals surface area contributed by atoms with Gasteiger partial charge >= 0.3 is 0 Å². The molecule has 4 nitrogen and oxygen atoms in total. The van der Waals surface area contributed by atoms with Gasteiger partial charge in [-0.1, -0.05) is 0 Å². The number of benzene rings is 1. The van der Waals surface area contributed by atoms with Crippen molar-refractivity contribution in [3.05, 3.63) is 22.7 Å². The molecule has 1 aromatic carbocycles. The third-order valence-corrected chi connectivity index (χ3v) is 4.01. The van der Waals surface area contributed by atoms with E-state index in [0.29, 0.717) is 6.04 Å². The van der Waals surface area contributed by atoms with E-state index in [1.54, 1.807) is 7.11 Å². The van der Waals surface area contributed by atoms with E-state index in [4.69, 9.17) is 4.74 Å². The molecule has 6 heteroatoms. The quantitative estimate of drug-likeness (QED) is 0.933. The summed E-state index contributed by atoms with van der Waals surface area (Å²) in [6.07, 6.45) is 2.48. The number of aromatic nitrogens is 2. The molecule has 0 bridgehead atoms. The Hall–Kier alpha value is -1.14. The number of nitrogens with zero attached hydrogens (tertiary/aromatic N) is 2. The lowest BCUT2D eigenvalue weighted by Gasteiger charge is -2.03. The average Bonchev–Trinajstić information content (AvgIpc) is 3.05. The number of hydrogen-bond donors (Lipinski definition) is 1. The van der Waals surface area contributed by atoms with Crippen molar-refractivity contribution in [1.29, 1.82) is 0 Å². The highest BCUT2D eigenvalue weighted by atomic mass is 79.9. The molecule has 1 heterocycles. The van der Waals surface area contributed by atoms with Gasteiger partial charge in [-0.25, -0.2) is 0 Å². The van der Waals surface area contributed by atoms with E-state index in [0.717, 1.165) is 26.7 Å². The number of ether oxygens (including phenoxy) is 1. The number of halogens is 1. The van der Waals surface area contributed by atoms with Crippen molar-refractivity contribution >= 4 is 32.6 Å². The highest BCUT2D eigenvalue weighted by molar-refractivity contribution is 9.10. The monoisotopic (exact) mass is 325 g/mol. The van der Waals surface area contributed by atoms with E-state index in [2.05, 4.69) is 30.6 Å². The van der Waals surface area contributed by atoms with Crippen LogP contribution in [0.15, 0.2) is 22.7 Å². The topological polar surface area (TPSA) is 47.0 Å². The van der Waals surface area contributed by atoms with Crippen LogP contribution in [0.25, 0.3) is 11.4 Å². The van der Waals surface area contributed by atoms with Gasteiger partial charge < -0.3 is 10.1 Å². The third-order valence-electron chi connectivity index (χ3n) is 2.74. The summed E-state index contributed by atoms with van der Waals surface area (Å²) in [7, 11) is 1.65. The van der Waals surface area contributed by atoms with Crippen LogP contribution in [0, 0.1) is 0 Å². The molecule has 3 rings (SSSR count).